The molecule has 2 heterocycles. The van der Waals surface area contributed by atoms with Gasteiger partial charge in [0.2, 0.25) is 0 Å². The molecule has 0 unspecified atom stereocenters. The first-order chi connectivity index (χ1) is 13.8. The highest BCUT2D eigenvalue weighted by Gasteiger charge is 2.40. The van der Waals surface area contributed by atoms with Crippen molar-refractivity contribution in [3.8, 4) is 34.1 Å². The summed E-state index contributed by atoms with van der Waals surface area (Å²) >= 11 is 2.38. The van der Waals surface area contributed by atoms with Crippen molar-refractivity contribution in [3.63, 3.8) is 0 Å². The molecule has 0 fully saturated rings. The highest BCUT2D eigenvalue weighted by atomic mass is 127. The van der Waals surface area contributed by atoms with Gasteiger partial charge in [-0.05, 0) is 75.0 Å². The standard InChI is InChI=1S/C24H14BIO2/c26-19-10-4-1-7-16(19)15-13-22-24-23(14-15)28-21-12-6-3-9-18(21)25(24)17-8-2-5-11-20(17)27-22/h1-14H. The highest BCUT2D eigenvalue weighted by molar-refractivity contribution is 14.1. The SMILES string of the molecule is Ic1ccccc1-c1cc2c3c(c1)Oc1ccccc1B3c1ccccc1O2. The van der Waals surface area contributed by atoms with Gasteiger partial charge in [0.15, 0.2) is 0 Å². The number of fused-ring (bicyclic) bond motifs is 4. The Balaban J connectivity index is 1.64. The van der Waals surface area contributed by atoms with E-state index in [9.17, 15) is 0 Å². The van der Waals surface area contributed by atoms with Crippen molar-refractivity contribution < 1.29 is 9.47 Å². The molecule has 2 aliphatic heterocycles. The van der Waals surface area contributed by atoms with E-state index < -0.39 is 0 Å². The van der Waals surface area contributed by atoms with Crippen LogP contribution in [0.15, 0.2) is 84.9 Å². The summed E-state index contributed by atoms with van der Waals surface area (Å²) in [5.74, 6) is 3.60. The number of benzene rings is 4. The number of para-hydroxylation sites is 2. The number of halogens is 1. The first-order valence-electron chi connectivity index (χ1n) is 9.26. The second kappa shape index (κ2) is 6.14. The largest absolute Gasteiger partial charge is 0.458 e. The first-order valence-corrected chi connectivity index (χ1v) is 10.3. The zero-order chi connectivity index (χ0) is 18.7. The van der Waals surface area contributed by atoms with Gasteiger partial charge in [-0.25, -0.2) is 0 Å². The average molecular weight is 472 g/mol. The maximum Gasteiger partial charge on any atom is 0.260 e. The smallest absolute Gasteiger partial charge is 0.260 e. The summed E-state index contributed by atoms with van der Waals surface area (Å²) in [4.78, 5) is 0. The molecule has 6 rings (SSSR count). The Morgan fingerprint density at radius 3 is 1.75 bits per heavy atom. The van der Waals surface area contributed by atoms with Crippen molar-refractivity contribution in [2.24, 2.45) is 0 Å². The summed E-state index contributed by atoms with van der Waals surface area (Å²) < 4.78 is 13.9. The van der Waals surface area contributed by atoms with Crippen LogP contribution in [0.5, 0.6) is 23.0 Å². The van der Waals surface area contributed by atoms with Crippen molar-refractivity contribution in [1.82, 2.24) is 0 Å². The van der Waals surface area contributed by atoms with Crippen LogP contribution < -0.4 is 25.9 Å². The molecule has 0 aromatic heterocycles. The first kappa shape index (κ1) is 16.2. The van der Waals surface area contributed by atoms with E-state index in [2.05, 4.69) is 95.4 Å². The Morgan fingerprint density at radius 2 is 1.14 bits per heavy atom. The Bertz CT molecular complexity index is 1180. The fourth-order valence-corrected chi connectivity index (χ4v) is 4.94. The molecule has 4 heteroatoms. The molecule has 0 N–H and O–H groups in total. The monoisotopic (exact) mass is 472 g/mol. The number of ether oxygens (including phenoxy) is 2. The lowest BCUT2D eigenvalue weighted by Gasteiger charge is -2.33. The molecule has 28 heavy (non-hydrogen) atoms. The highest BCUT2D eigenvalue weighted by Crippen LogP contribution is 2.38. The minimum absolute atomic E-state index is 0.129. The Morgan fingerprint density at radius 1 is 0.607 bits per heavy atom. The zero-order valence-corrected chi connectivity index (χ0v) is 17.0. The summed E-state index contributed by atoms with van der Waals surface area (Å²) in [6.45, 7) is 0.129. The predicted molar refractivity (Wildman–Crippen MR) is 122 cm³/mol. The summed E-state index contributed by atoms with van der Waals surface area (Å²) in [6.07, 6.45) is 0. The molecule has 0 radical (unpaired) electrons. The van der Waals surface area contributed by atoms with Crippen LogP contribution in [0.3, 0.4) is 0 Å². The van der Waals surface area contributed by atoms with E-state index in [1.807, 2.05) is 12.1 Å². The quantitative estimate of drug-likeness (QED) is 0.256. The molecular weight excluding hydrogens is 458 g/mol. The minimum atomic E-state index is 0.129. The van der Waals surface area contributed by atoms with Gasteiger partial charge < -0.3 is 9.47 Å². The molecule has 2 aliphatic rings. The van der Waals surface area contributed by atoms with E-state index in [1.54, 1.807) is 0 Å². The van der Waals surface area contributed by atoms with Crippen LogP contribution in [0, 0.1) is 3.57 Å². The van der Waals surface area contributed by atoms with Gasteiger partial charge in [-0.2, -0.15) is 0 Å². The van der Waals surface area contributed by atoms with Crippen LogP contribution in [0.1, 0.15) is 0 Å². The van der Waals surface area contributed by atoms with Crippen LogP contribution in [-0.2, 0) is 0 Å². The molecule has 4 aromatic carbocycles. The summed E-state index contributed by atoms with van der Waals surface area (Å²) in [5, 5.41) is 0. The third kappa shape index (κ3) is 2.34. The van der Waals surface area contributed by atoms with Gasteiger partial charge in [-0.15, -0.1) is 0 Å². The van der Waals surface area contributed by atoms with Crippen molar-refractivity contribution >= 4 is 45.7 Å². The molecule has 0 saturated heterocycles. The summed E-state index contributed by atoms with van der Waals surface area (Å²) in [7, 11) is 0. The predicted octanol–water partition coefficient (Wildman–Crippen LogP) is 4.69. The van der Waals surface area contributed by atoms with E-state index in [-0.39, 0.29) is 6.71 Å². The van der Waals surface area contributed by atoms with Crippen molar-refractivity contribution in [3.05, 3.63) is 88.5 Å². The summed E-state index contributed by atoms with van der Waals surface area (Å²) in [5.41, 5.74) is 5.79. The Hall–Kier alpha value is -2.73. The molecule has 0 spiro atoms. The second-order valence-corrected chi connectivity index (χ2v) is 8.24. The number of rotatable bonds is 1. The van der Waals surface area contributed by atoms with E-state index >= 15 is 0 Å². The van der Waals surface area contributed by atoms with Crippen molar-refractivity contribution in [2.45, 2.75) is 0 Å². The van der Waals surface area contributed by atoms with Crippen LogP contribution >= 0.6 is 22.6 Å². The van der Waals surface area contributed by atoms with Crippen molar-refractivity contribution in [2.75, 3.05) is 0 Å². The van der Waals surface area contributed by atoms with Gasteiger partial charge in [0.1, 0.15) is 23.0 Å². The molecule has 0 atom stereocenters. The molecular formula is C24H14BIO2. The van der Waals surface area contributed by atoms with Gasteiger partial charge in [-0.1, -0.05) is 54.6 Å². The van der Waals surface area contributed by atoms with Gasteiger partial charge in [0.05, 0.1) is 0 Å². The molecule has 132 valence electrons. The molecule has 0 bridgehead atoms. The van der Waals surface area contributed by atoms with Crippen LogP contribution in [0.25, 0.3) is 11.1 Å². The third-order valence-electron chi connectivity index (χ3n) is 5.48. The number of hydrogen-bond donors (Lipinski definition) is 0. The van der Waals surface area contributed by atoms with Crippen LogP contribution in [0.2, 0.25) is 0 Å². The molecule has 4 aromatic rings. The van der Waals surface area contributed by atoms with E-state index in [4.69, 9.17) is 9.47 Å². The third-order valence-corrected chi connectivity index (χ3v) is 6.42. The molecule has 0 saturated carbocycles. The van der Waals surface area contributed by atoms with Gasteiger partial charge >= 0.3 is 0 Å². The normalized spacial score (nSPS) is 13.0. The van der Waals surface area contributed by atoms with Crippen LogP contribution in [-0.4, -0.2) is 6.71 Å². The van der Waals surface area contributed by atoms with E-state index in [1.165, 1.54) is 20.1 Å². The Kier molecular flexibility index (Phi) is 3.56. The second-order valence-electron chi connectivity index (χ2n) is 7.08. The summed E-state index contributed by atoms with van der Waals surface area (Å²) in [6, 6.07) is 29.3. The molecule has 0 aliphatic carbocycles. The molecule has 0 amide bonds. The van der Waals surface area contributed by atoms with E-state index in [0.29, 0.717) is 0 Å². The lowest BCUT2D eigenvalue weighted by atomic mass is 9.35. The van der Waals surface area contributed by atoms with E-state index in [0.717, 1.165) is 34.0 Å². The number of hydrogen-bond acceptors (Lipinski definition) is 2. The van der Waals surface area contributed by atoms with Gasteiger partial charge in [-0.3, -0.25) is 0 Å². The minimum Gasteiger partial charge on any atom is -0.458 e. The fourth-order valence-electron chi connectivity index (χ4n) is 4.24. The lowest BCUT2D eigenvalue weighted by Crippen LogP contribution is -2.57. The van der Waals surface area contributed by atoms with Gasteiger partial charge in [0, 0.05) is 9.03 Å². The maximum absolute atomic E-state index is 6.36. The maximum atomic E-state index is 6.36. The average Bonchev–Trinajstić information content (AvgIpc) is 2.73. The van der Waals surface area contributed by atoms with Gasteiger partial charge in [0.25, 0.3) is 6.71 Å². The zero-order valence-electron chi connectivity index (χ0n) is 14.9. The van der Waals surface area contributed by atoms with Crippen LogP contribution in [0.4, 0.5) is 0 Å². The van der Waals surface area contributed by atoms with Crippen molar-refractivity contribution in [1.29, 1.82) is 0 Å². The fraction of sp³-hybridized carbons (Fsp3) is 0. The topological polar surface area (TPSA) is 18.5 Å². The Labute approximate surface area is 177 Å². The lowest BCUT2D eigenvalue weighted by molar-refractivity contribution is 0.465. The molecule has 2 nitrogen and oxygen atoms in total.